The predicted octanol–water partition coefficient (Wildman–Crippen LogP) is 1.98. The van der Waals surface area contributed by atoms with Crippen LogP contribution < -0.4 is 5.32 Å². The second-order valence-electron chi connectivity index (χ2n) is 7.44. The molecule has 0 radical (unpaired) electrons. The second-order valence-corrected chi connectivity index (χ2v) is 7.44. The number of likely N-dealkylation sites (N-methyl/N-ethyl adjacent to an activating group) is 1. The number of piperidine rings is 1. The largest absolute Gasteiger partial charge is 0.480 e. The lowest BCUT2D eigenvalue weighted by molar-refractivity contribution is -0.138. The Morgan fingerprint density at radius 1 is 1.12 bits per heavy atom. The van der Waals surface area contributed by atoms with Crippen LogP contribution >= 0.6 is 12.4 Å². The summed E-state index contributed by atoms with van der Waals surface area (Å²) in [6.45, 7) is 3.66. The summed E-state index contributed by atoms with van der Waals surface area (Å²) in [5.74, 6) is 0.0866. The van der Waals surface area contributed by atoms with Crippen LogP contribution in [0.1, 0.15) is 51.4 Å². The average Bonchev–Trinajstić information content (AvgIpc) is 2.59. The first-order chi connectivity index (χ1) is 11.5. The molecule has 2 fully saturated rings. The molecule has 0 atom stereocenters. The molecule has 1 heterocycles. The first kappa shape index (κ1) is 22.2. The molecule has 0 aromatic rings. The first-order valence-electron chi connectivity index (χ1n) is 9.45. The highest BCUT2D eigenvalue weighted by atomic mass is 35.5. The number of nitrogens with zero attached hydrogens (tertiary/aromatic N) is 2. The Hall–Kier alpha value is -0.850. The highest BCUT2D eigenvalue weighted by molar-refractivity contribution is 5.85. The van der Waals surface area contributed by atoms with E-state index in [0.717, 1.165) is 39.0 Å². The number of rotatable bonds is 8. The Balaban J connectivity index is 0.00000312. The van der Waals surface area contributed by atoms with Gasteiger partial charge < -0.3 is 15.3 Å². The third kappa shape index (κ3) is 8.38. The predicted molar refractivity (Wildman–Crippen MR) is 101 cm³/mol. The van der Waals surface area contributed by atoms with E-state index in [1.165, 1.54) is 32.1 Å². The van der Waals surface area contributed by atoms with E-state index in [0.29, 0.717) is 18.4 Å². The van der Waals surface area contributed by atoms with Crippen LogP contribution in [0.2, 0.25) is 0 Å². The lowest BCUT2D eigenvalue weighted by Crippen LogP contribution is -2.45. The van der Waals surface area contributed by atoms with Crippen molar-refractivity contribution in [3.8, 4) is 0 Å². The van der Waals surface area contributed by atoms with Gasteiger partial charge in [0.2, 0.25) is 5.91 Å². The van der Waals surface area contributed by atoms with Crippen LogP contribution in [0.4, 0.5) is 0 Å². The molecule has 0 bridgehead atoms. The maximum Gasteiger partial charge on any atom is 0.317 e. The number of carbonyl (C=O) groups is 2. The van der Waals surface area contributed by atoms with Gasteiger partial charge in [-0.3, -0.25) is 14.5 Å². The van der Waals surface area contributed by atoms with E-state index in [9.17, 15) is 9.59 Å². The number of halogens is 1. The molecule has 7 heteroatoms. The van der Waals surface area contributed by atoms with E-state index >= 15 is 0 Å². The van der Waals surface area contributed by atoms with Gasteiger partial charge in [-0.2, -0.15) is 0 Å². The number of hydrogen-bond acceptors (Lipinski definition) is 4. The number of likely N-dealkylation sites (tertiary alicyclic amines) is 1. The van der Waals surface area contributed by atoms with Gasteiger partial charge in [0.15, 0.2) is 0 Å². The molecule has 0 aromatic heterocycles. The maximum absolute atomic E-state index is 12.0. The fourth-order valence-corrected chi connectivity index (χ4v) is 3.92. The highest BCUT2D eigenvalue weighted by Crippen LogP contribution is 2.22. The van der Waals surface area contributed by atoms with Gasteiger partial charge in [-0.05, 0) is 51.7 Å². The van der Waals surface area contributed by atoms with E-state index in [4.69, 9.17) is 5.11 Å². The molecule has 0 spiro atoms. The van der Waals surface area contributed by atoms with Crippen LogP contribution in [0.15, 0.2) is 0 Å². The summed E-state index contributed by atoms with van der Waals surface area (Å²) >= 11 is 0. The van der Waals surface area contributed by atoms with Gasteiger partial charge >= 0.3 is 5.97 Å². The van der Waals surface area contributed by atoms with Gasteiger partial charge in [0.05, 0.1) is 6.54 Å². The molecule has 6 nitrogen and oxygen atoms in total. The number of carboxylic acid groups (broad SMARTS) is 1. The van der Waals surface area contributed by atoms with Crippen molar-refractivity contribution in [1.29, 1.82) is 0 Å². The third-order valence-corrected chi connectivity index (χ3v) is 5.53. The van der Waals surface area contributed by atoms with Gasteiger partial charge in [-0.1, -0.05) is 19.3 Å². The first-order valence-corrected chi connectivity index (χ1v) is 9.45. The van der Waals surface area contributed by atoms with Crippen molar-refractivity contribution < 1.29 is 14.7 Å². The zero-order valence-corrected chi connectivity index (χ0v) is 16.2. The topological polar surface area (TPSA) is 72.9 Å². The quantitative estimate of drug-likeness (QED) is 0.678. The Morgan fingerprint density at radius 2 is 1.76 bits per heavy atom. The third-order valence-electron chi connectivity index (χ3n) is 5.53. The summed E-state index contributed by atoms with van der Waals surface area (Å²) in [7, 11) is 1.88. The monoisotopic (exact) mass is 375 g/mol. The molecule has 146 valence electrons. The van der Waals surface area contributed by atoms with E-state index in [-0.39, 0.29) is 24.9 Å². The number of carboxylic acids is 1. The summed E-state index contributed by atoms with van der Waals surface area (Å²) in [5.41, 5.74) is 0. The Morgan fingerprint density at radius 3 is 2.36 bits per heavy atom. The van der Waals surface area contributed by atoms with Gasteiger partial charge in [0.25, 0.3) is 0 Å². The zero-order chi connectivity index (χ0) is 17.4. The highest BCUT2D eigenvalue weighted by Gasteiger charge is 2.23. The molecule has 2 rings (SSSR count). The summed E-state index contributed by atoms with van der Waals surface area (Å²) < 4.78 is 0. The summed E-state index contributed by atoms with van der Waals surface area (Å²) in [6, 6.07) is 0.345. The van der Waals surface area contributed by atoms with Crippen LogP contribution in [0.3, 0.4) is 0 Å². The Bertz CT molecular complexity index is 408. The summed E-state index contributed by atoms with van der Waals surface area (Å²) in [5, 5.41) is 12.0. The van der Waals surface area contributed by atoms with Crippen LogP contribution in [0.25, 0.3) is 0 Å². The van der Waals surface area contributed by atoms with Crippen molar-refractivity contribution in [3.05, 3.63) is 0 Å². The number of nitrogens with one attached hydrogen (secondary N) is 1. The molecule has 1 amide bonds. The van der Waals surface area contributed by atoms with E-state index in [1.807, 2.05) is 11.9 Å². The minimum Gasteiger partial charge on any atom is -0.480 e. The molecule has 2 aliphatic rings. The van der Waals surface area contributed by atoms with Crippen molar-refractivity contribution in [1.82, 2.24) is 15.1 Å². The molecule has 1 saturated heterocycles. The Kier molecular flexibility index (Phi) is 10.4. The van der Waals surface area contributed by atoms with Gasteiger partial charge in [-0.15, -0.1) is 12.4 Å². The lowest BCUT2D eigenvalue weighted by atomic mass is 9.89. The summed E-state index contributed by atoms with van der Waals surface area (Å²) in [4.78, 5) is 27.0. The van der Waals surface area contributed by atoms with Crippen molar-refractivity contribution in [2.75, 3.05) is 39.8 Å². The molecule has 0 aromatic carbocycles. The average molecular weight is 376 g/mol. The SMILES string of the molecule is CN(CC(=O)O)C1CCN(CCC(=O)NCC2CCCCC2)CC1.Cl. The number of carbonyl (C=O) groups excluding carboxylic acids is 1. The van der Waals surface area contributed by atoms with Gasteiger partial charge in [0.1, 0.15) is 0 Å². The number of amides is 1. The summed E-state index contributed by atoms with van der Waals surface area (Å²) in [6.07, 6.45) is 9.03. The maximum atomic E-state index is 12.0. The fraction of sp³-hybridized carbons (Fsp3) is 0.889. The van der Waals surface area contributed by atoms with Crippen LogP contribution in [-0.2, 0) is 9.59 Å². The van der Waals surface area contributed by atoms with Crippen molar-refractivity contribution >= 4 is 24.3 Å². The smallest absolute Gasteiger partial charge is 0.317 e. The van der Waals surface area contributed by atoms with E-state index in [1.54, 1.807) is 0 Å². The van der Waals surface area contributed by atoms with Gasteiger partial charge in [0, 0.05) is 25.6 Å². The normalized spacial score (nSPS) is 20.2. The van der Waals surface area contributed by atoms with Crippen molar-refractivity contribution in [2.45, 2.75) is 57.4 Å². The molecular formula is C18H34ClN3O3. The van der Waals surface area contributed by atoms with Crippen molar-refractivity contribution in [3.63, 3.8) is 0 Å². The van der Waals surface area contributed by atoms with E-state index in [2.05, 4.69) is 10.2 Å². The molecule has 1 aliphatic heterocycles. The number of aliphatic carboxylic acids is 1. The van der Waals surface area contributed by atoms with Gasteiger partial charge in [-0.25, -0.2) is 0 Å². The molecule has 1 aliphatic carbocycles. The minimum atomic E-state index is -0.769. The molecule has 2 N–H and O–H groups in total. The molecule has 1 saturated carbocycles. The molecule has 0 unspecified atom stereocenters. The van der Waals surface area contributed by atoms with Crippen LogP contribution in [0.5, 0.6) is 0 Å². The minimum absolute atomic E-state index is 0. The Labute approximate surface area is 157 Å². The molecule has 25 heavy (non-hydrogen) atoms. The fourth-order valence-electron chi connectivity index (χ4n) is 3.92. The number of hydrogen-bond donors (Lipinski definition) is 2. The van der Waals surface area contributed by atoms with E-state index < -0.39 is 5.97 Å². The van der Waals surface area contributed by atoms with Crippen LogP contribution in [-0.4, -0.2) is 72.6 Å². The zero-order valence-electron chi connectivity index (χ0n) is 15.4. The lowest BCUT2D eigenvalue weighted by Gasteiger charge is -2.36. The van der Waals surface area contributed by atoms with Crippen LogP contribution in [0, 0.1) is 5.92 Å². The standard InChI is InChI=1S/C18H33N3O3.ClH/c1-20(14-18(23)24)16-7-10-21(11-8-16)12-9-17(22)19-13-15-5-3-2-4-6-15;/h15-16H,2-14H2,1H3,(H,19,22)(H,23,24);1H. The second kappa shape index (κ2) is 11.7. The molecular weight excluding hydrogens is 342 g/mol. The van der Waals surface area contributed by atoms with Crippen molar-refractivity contribution in [2.24, 2.45) is 5.92 Å².